The van der Waals surface area contributed by atoms with Crippen molar-refractivity contribution >= 4 is 29.0 Å². The van der Waals surface area contributed by atoms with Gasteiger partial charge in [-0.3, -0.25) is 9.59 Å². The topological polar surface area (TPSA) is 311 Å². The second kappa shape index (κ2) is 17.9. The van der Waals surface area contributed by atoms with Crippen LogP contribution in [0.3, 0.4) is 0 Å². The third-order valence-corrected chi connectivity index (χ3v) is 9.37. The number of rotatable bonds is 12. The normalized spacial score (nSPS) is 27.0. The molecule has 20 nitrogen and oxygen atoms in total. The molecule has 0 radical (unpaired) electrons. The molecule has 6 rings (SSSR count). The summed E-state index contributed by atoms with van der Waals surface area (Å²) < 4.78 is 44.9. The van der Waals surface area contributed by atoms with Crippen LogP contribution in [0.2, 0.25) is 0 Å². The van der Waals surface area contributed by atoms with E-state index in [0.29, 0.717) is 5.56 Å². The Kier molecular flexibility index (Phi) is 12.9. The predicted octanol–water partition coefficient (Wildman–Crippen LogP) is 0.129. The third kappa shape index (κ3) is 9.35. The maximum Gasteiger partial charge on any atom is 0.331 e. The molecule has 20 heteroatoms. The highest BCUT2D eigenvalue weighted by molar-refractivity contribution is 5.87. The first kappa shape index (κ1) is 42.6. The molecule has 0 bridgehead atoms. The van der Waals surface area contributed by atoms with Crippen molar-refractivity contribution in [3.63, 3.8) is 0 Å². The number of carbonyl (C=O) groups is 2. The second-order valence-electron chi connectivity index (χ2n) is 13.4. The Labute approximate surface area is 332 Å². The minimum absolute atomic E-state index is 0.00140. The van der Waals surface area contributed by atoms with Crippen LogP contribution in [0.4, 0.5) is 0 Å². The number of hydrogen-bond acceptors (Lipinski definition) is 20. The van der Waals surface area contributed by atoms with Crippen molar-refractivity contribution in [1.29, 1.82) is 0 Å². The first-order valence-corrected chi connectivity index (χ1v) is 17.8. The van der Waals surface area contributed by atoms with Crippen LogP contribution < -0.4 is 14.9 Å². The number of aliphatic hydroxyl groups is 5. The summed E-state index contributed by atoms with van der Waals surface area (Å²) in [6.07, 6.45) is -16.1. The van der Waals surface area contributed by atoms with E-state index in [9.17, 15) is 60.3 Å². The van der Waals surface area contributed by atoms with Gasteiger partial charge in [0, 0.05) is 36.8 Å². The molecule has 2 aliphatic rings. The smallest absolute Gasteiger partial charge is 0.331 e. The molecular weight excluding hydrogens is 788 g/mol. The first-order valence-electron chi connectivity index (χ1n) is 17.8. The Morgan fingerprint density at radius 1 is 0.780 bits per heavy atom. The van der Waals surface area contributed by atoms with Gasteiger partial charge in [0.1, 0.15) is 71.5 Å². The Morgan fingerprint density at radius 2 is 1.47 bits per heavy atom. The molecule has 4 aromatic rings. The molecule has 316 valence electrons. The van der Waals surface area contributed by atoms with Crippen molar-refractivity contribution in [3.8, 4) is 45.8 Å². The summed E-state index contributed by atoms with van der Waals surface area (Å²) in [5.41, 5.74) is -0.307. The van der Waals surface area contributed by atoms with E-state index in [1.165, 1.54) is 43.5 Å². The second-order valence-corrected chi connectivity index (χ2v) is 13.4. The monoisotopic (exact) mass is 828 g/mol. The van der Waals surface area contributed by atoms with Gasteiger partial charge < -0.3 is 83.5 Å². The maximum atomic E-state index is 13.1. The van der Waals surface area contributed by atoms with Gasteiger partial charge in [-0.15, -0.1) is 0 Å². The van der Waals surface area contributed by atoms with Gasteiger partial charge in [-0.25, -0.2) is 4.79 Å². The van der Waals surface area contributed by atoms with Crippen molar-refractivity contribution in [2.75, 3.05) is 20.3 Å². The Morgan fingerprint density at radius 3 is 2.17 bits per heavy atom. The number of phenols is 4. The lowest BCUT2D eigenvalue weighted by Crippen LogP contribution is -2.65. The molecular formula is C39H40O20. The number of aliphatic hydroxyl groups excluding tert-OH is 5. The number of hydrogen-bond donors (Lipinski definition) is 9. The van der Waals surface area contributed by atoms with Crippen molar-refractivity contribution in [2.45, 2.75) is 68.3 Å². The average Bonchev–Trinajstić information content (AvgIpc) is 3.19. The van der Waals surface area contributed by atoms with E-state index in [4.69, 9.17) is 37.6 Å². The molecule has 59 heavy (non-hydrogen) atoms. The summed E-state index contributed by atoms with van der Waals surface area (Å²) in [6, 6.07) is 11.1. The maximum absolute atomic E-state index is 13.1. The number of methoxy groups -OCH3 is 1. The van der Waals surface area contributed by atoms with Crippen LogP contribution in [-0.2, 0) is 33.3 Å². The molecule has 10 atom stereocenters. The minimum Gasteiger partial charge on any atom is -0.507 e. The van der Waals surface area contributed by atoms with Crippen LogP contribution in [0.1, 0.15) is 12.5 Å². The zero-order valence-corrected chi connectivity index (χ0v) is 31.1. The fourth-order valence-electron chi connectivity index (χ4n) is 6.33. The van der Waals surface area contributed by atoms with Gasteiger partial charge in [0.25, 0.3) is 0 Å². The number of aromatic hydroxyl groups is 4. The van der Waals surface area contributed by atoms with Crippen molar-refractivity contribution < 1.29 is 93.1 Å². The van der Waals surface area contributed by atoms with E-state index in [2.05, 4.69) is 0 Å². The van der Waals surface area contributed by atoms with E-state index in [1.54, 1.807) is 0 Å². The lowest BCUT2D eigenvalue weighted by molar-refractivity contribution is -0.358. The molecule has 0 spiro atoms. The zero-order chi connectivity index (χ0) is 42.7. The van der Waals surface area contributed by atoms with Gasteiger partial charge in [0.05, 0.1) is 13.7 Å². The summed E-state index contributed by atoms with van der Waals surface area (Å²) in [6.45, 7) is -0.400. The average molecular weight is 829 g/mol. The van der Waals surface area contributed by atoms with Crippen molar-refractivity contribution in [1.82, 2.24) is 0 Å². The molecule has 9 N–H and O–H groups in total. The molecule has 3 aromatic carbocycles. The zero-order valence-electron chi connectivity index (χ0n) is 31.1. The van der Waals surface area contributed by atoms with E-state index in [1.807, 2.05) is 0 Å². The Bertz CT molecular complexity index is 2250. The largest absolute Gasteiger partial charge is 0.507 e. The van der Waals surface area contributed by atoms with Gasteiger partial charge in [0.15, 0.2) is 46.9 Å². The number of carbonyl (C=O) groups excluding carboxylic acids is 2. The first-order chi connectivity index (χ1) is 28.1. The van der Waals surface area contributed by atoms with Crippen LogP contribution >= 0.6 is 0 Å². The molecule has 2 aliphatic heterocycles. The number of benzene rings is 3. The summed E-state index contributed by atoms with van der Waals surface area (Å²) in [4.78, 5) is 37.8. The molecule has 0 saturated carbocycles. The van der Waals surface area contributed by atoms with Crippen molar-refractivity contribution in [2.24, 2.45) is 0 Å². The van der Waals surface area contributed by atoms with Crippen LogP contribution in [-0.4, -0.2) is 140 Å². The number of phenolic OH excluding ortho intramolecular Hbond substituents is 4. The highest BCUT2D eigenvalue weighted by Gasteiger charge is 2.53. The summed E-state index contributed by atoms with van der Waals surface area (Å²) in [7, 11) is 1.32. The fourth-order valence-corrected chi connectivity index (χ4v) is 6.33. The molecule has 1 aromatic heterocycles. The van der Waals surface area contributed by atoms with Gasteiger partial charge in [-0.2, -0.15) is 0 Å². The lowest BCUT2D eigenvalue weighted by atomic mass is 9.97. The summed E-state index contributed by atoms with van der Waals surface area (Å²) in [5, 5.41) is 94.2. The minimum atomic E-state index is -2.00. The van der Waals surface area contributed by atoms with E-state index in [-0.39, 0.29) is 39.5 Å². The predicted molar refractivity (Wildman–Crippen MR) is 197 cm³/mol. The van der Waals surface area contributed by atoms with E-state index >= 15 is 0 Å². The summed E-state index contributed by atoms with van der Waals surface area (Å²) in [5.74, 6) is -3.79. The van der Waals surface area contributed by atoms with Gasteiger partial charge in [-0.05, 0) is 42.0 Å². The Balaban J connectivity index is 1.32. The molecule has 2 saturated heterocycles. The number of fused-ring (bicyclic) bond motifs is 1. The highest BCUT2D eigenvalue weighted by atomic mass is 16.8. The standard InChI is InChI=1S/C39H40O20/c1-16(41)53-15-29-33(49)35(51)36(58-30(47)8-4-17-3-6-20(42)22(44)9-17)39(57-29)59-37-34(50)32(48)28(14-40)56-38(37)54-19-11-23(45)31-24(46)13-25(55-27(31)12-19)18-5-7-21(43)26(10-18)52-2/h3-13,28-29,32-40,42-45,48-51H,14-15H2,1-2H3/t28-,29+,32+,33+,34+,35-,36-,37-,38-,39+/m0/s1. The quantitative estimate of drug-likeness (QED) is 0.0521. The van der Waals surface area contributed by atoms with Crippen LogP contribution in [0.15, 0.2) is 69.9 Å². The van der Waals surface area contributed by atoms with E-state index in [0.717, 1.165) is 37.3 Å². The van der Waals surface area contributed by atoms with E-state index < -0.39 is 109 Å². The van der Waals surface area contributed by atoms with Gasteiger partial charge in [0.2, 0.25) is 6.29 Å². The Hall–Kier alpha value is -5.97. The van der Waals surface area contributed by atoms with Crippen LogP contribution in [0, 0.1) is 0 Å². The SMILES string of the molecule is COc1cc(-c2cc(=O)c3c(O)cc(O[C@H]4O[C@@H](CO)[C@@H](O)[C@@H](O)[C@@H]4O[C@H]4O[C@H](COC(C)=O)[C@@H](O)[C@H](O)[C@@H]4OC(=O)C=Cc4ccc(O)c(O)c4)cc3o2)ccc1O. The van der Waals surface area contributed by atoms with Gasteiger partial charge >= 0.3 is 11.9 Å². The summed E-state index contributed by atoms with van der Waals surface area (Å²) >= 11 is 0. The molecule has 0 amide bonds. The molecule has 0 unspecified atom stereocenters. The van der Waals surface area contributed by atoms with Crippen LogP contribution in [0.25, 0.3) is 28.4 Å². The number of esters is 2. The van der Waals surface area contributed by atoms with Crippen LogP contribution in [0.5, 0.6) is 34.5 Å². The molecule has 0 aliphatic carbocycles. The third-order valence-electron chi connectivity index (χ3n) is 9.37. The molecule has 3 heterocycles. The number of ether oxygens (including phenoxy) is 7. The van der Waals surface area contributed by atoms with Crippen molar-refractivity contribution in [3.05, 3.63) is 76.5 Å². The highest BCUT2D eigenvalue weighted by Crippen LogP contribution is 2.37. The van der Waals surface area contributed by atoms with Gasteiger partial charge in [-0.1, -0.05) is 6.07 Å². The lowest BCUT2D eigenvalue weighted by Gasteiger charge is -2.46. The molecule has 2 fully saturated rings. The fraction of sp³-hybridized carbons (Fsp3) is 0.359.